The Balaban J connectivity index is 1.59. The number of likely N-dealkylation sites (tertiary alicyclic amines) is 1. The van der Waals surface area contributed by atoms with E-state index >= 15 is 0 Å². The fourth-order valence-electron chi connectivity index (χ4n) is 2.73. The van der Waals surface area contributed by atoms with Gasteiger partial charge in [-0.1, -0.05) is 0 Å². The normalized spacial score (nSPS) is 24.3. The van der Waals surface area contributed by atoms with E-state index < -0.39 is 0 Å². The number of ether oxygens (including phenoxy) is 1. The number of nitrogens with zero attached hydrogens (tertiary/aromatic N) is 1. The molecule has 19 heavy (non-hydrogen) atoms. The molecule has 0 saturated carbocycles. The molecule has 2 heterocycles. The van der Waals surface area contributed by atoms with E-state index in [0.29, 0.717) is 38.5 Å². The molecule has 2 aliphatic rings. The van der Waals surface area contributed by atoms with Crippen molar-refractivity contribution in [1.82, 2.24) is 10.2 Å². The molecule has 0 aromatic heterocycles. The maximum Gasteiger partial charge on any atom is 0.222 e. The highest BCUT2D eigenvalue weighted by Gasteiger charge is 2.19. The first-order valence-corrected chi connectivity index (χ1v) is 7.38. The summed E-state index contributed by atoms with van der Waals surface area (Å²) >= 11 is 0. The molecular weight excluding hydrogens is 244 g/mol. The fourth-order valence-corrected chi connectivity index (χ4v) is 2.73. The average Bonchev–Trinajstić information content (AvgIpc) is 2.42. The van der Waals surface area contributed by atoms with Gasteiger partial charge in [0.1, 0.15) is 0 Å². The van der Waals surface area contributed by atoms with Crippen LogP contribution in [0.1, 0.15) is 38.5 Å². The van der Waals surface area contributed by atoms with Crippen LogP contribution in [0.2, 0.25) is 0 Å². The van der Waals surface area contributed by atoms with Gasteiger partial charge in [0.2, 0.25) is 11.8 Å². The first-order valence-electron chi connectivity index (χ1n) is 7.38. The lowest BCUT2D eigenvalue weighted by Gasteiger charge is -2.27. The van der Waals surface area contributed by atoms with Crippen molar-refractivity contribution < 1.29 is 14.3 Å². The molecule has 0 unspecified atom stereocenters. The van der Waals surface area contributed by atoms with Crippen LogP contribution >= 0.6 is 0 Å². The minimum absolute atomic E-state index is 0.0833. The summed E-state index contributed by atoms with van der Waals surface area (Å²) < 4.78 is 5.36. The molecule has 0 aromatic carbocycles. The van der Waals surface area contributed by atoms with Gasteiger partial charge in [-0.25, -0.2) is 0 Å². The minimum Gasteiger partial charge on any atom is -0.381 e. The molecule has 5 heteroatoms. The lowest BCUT2D eigenvalue weighted by atomic mass is 9.98. The van der Waals surface area contributed by atoms with E-state index in [1.165, 1.54) is 0 Å². The Labute approximate surface area is 114 Å². The number of nitrogens with one attached hydrogen (secondary N) is 1. The summed E-state index contributed by atoms with van der Waals surface area (Å²) in [6, 6.07) is 0. The third-order valence-electron chi connectivity index (χ3n) is 3.85. The van der Waals surface area contributed by atoms with E-state index in [-0.39, 0.29) is 11.8 Å². The summed E-state index contributed by atoms with van der Waals surface area (Å²) in [6.07, 6.45) is 5.43. The number of rotatable bonds is 5. The second-order valence-corrected chi connectivity index (χ2v) is 5.48. The lowest BCUT2D eigenvalue weighted by molar-refractivity contribution is -0.133. The van der Waals surface area contributed by atoms with Gasteiger partial charge in [0.05, 0.1) is 0 Å². The zero-order chi connectivity index (χ0) is 13.5. The molecule has 0 aromatic rings. The van der Waals surface area contributed by atoms with Gasteiger partial charge in [0, 0.05) is 45.7 Å². The van der Waals surface area contributed by atoms with Crippen molar-refractivity contribution in [3.63, 3.8) is 0 Å². The van der Waals surface area contributed by atoms with E-state index in [4.69, 9.17) is 4.74 Å². The molecule has 1 N–H and O–H groups in total. The van der Waals surface area contributed by atoms with Gasteiger partial charge in [-0.3, -0.25) is 9.59 Å². The maximum atomic E-state index is 11.8. The highest BCUT2D eigenvalue weighted by Crippen LogP contribution is 2.16. The van der Waals surface area contributed by atoms with Crippen molar-refractivity contribution in [2.24, 2.45) is 5.92 Å². The van der Waals surface area contributed by atoms with E-state index in [1.54, 1.807) is 0 Å². The summed E-state index contributed by atoms with van der Waals surface area (Å²) in [5, 5.41) is 2.91. The topological polar surface area (TPSA) is 58.6 Å². The first kappa shape index (κ1) is 14.3. The second-order valence-electron chi connectivity index (χ2n) is 5.48. The average molecular weight is 268 g/mol. The lowest BCUT2D eigenvalue weighted by Crippen LogP contribution is -2.41. The second kappa shape index (κ2) is 7.48. The Hall–Kier alpha value is -1.10. The van der Waals surface area contributed by atoms with Crippen LogP contribution in [0, 0.1) is 5.92 Å². The molecule has 1 atom stereocenters. The summed E-state index contributed by atoms with van der Waals surface area (Å²) in [5.74, 6) is 0.673. The van der Waals surface area contributed by atoms with E-state index in [1.807, 2.05) is 4.90 Å². The molecule has 0 bridgehead atoms. The number of hydrogen-bond acceptors (Lipinski definition) is 3. The van der Waals surface area contributed by atoms with Gasteiger partial charge in [0.25, 0.3) is 0 Å². The van der Waals surface area contributed by atoms with Crippen molar-refractivity contribution in [3.05, 3.63) is 0 Å². The summed E-state index contributed by atoms with van der Waals surface area (Å²) in [7, 11) is 0. The van der Waals surface area contributed by atoms with Gasteiger partial charge < -0.3 is 15.0 Å². The quantitative estimate of drug-likeness (QED) is 0.807. The molecule has 0 aliphatic carbocycles. The molecule has 108 valence electrons. The minimum atomic E-state index is 0.0833. The number of hydrogen-bond donors (Lipinski definition) is 1. The Morgan fingerprint density at radius 3 is 3.00 bits per heavy atom. The van der Waals surface area contributed by atoms with E-state index in [2.05, 4.69) is 5.32 Å². The third-order valence-corrected chi connectivity index (χ3v) is 3.85. The summed E-state index contributed by atoms with van der Waals surface area (Å²) in [6.45, 7) is 3.59. The van der Waals surface area contributed by atoms with Crippen LogP contribution in [0.4, 0.5) is 0 Å². The van der Waals surface area contributed by atoms with E-state index in [9.17, 15) is 9.59 Å². The van der Waals surface area contributed by atoms with Gasteiger partial charge in [-0.2, -0.15) is 0 Å². The van der Waals surface area contributed by atoms with Gasteiger partial charge in [-0.15, -0.1) is 0 Å². The number of carbonyl (C=O) groups is 2. The molecule has 2 aliphatic heterocycles. The van der Waals surface area contributed by atoms with Crippen LogP contribution in [0.15, 0.2) is 0 Å². The van der Waals surface area contributed by atoms with Gasteiger partial charge in [-0.05, 0) is 31.6 Å². The molecule has 2 amide bonds. The number of piperidine rings is 1. The molecule has 2 fully saturated rings. The number of carbonyl (C=O) groups excluding carboxylic acids is 2. The SMILES string of the molecule is O=C(C[C@H]1CCCOC1)NCCN1CCCCC1=O. The summed E-state index contributed by atoms with van der Waals surface area (Å²) in [4.78, 5) is 25.2. The highest BCUT2D eigenvalue weighted by atomic mass is 16.5. The highest BCUT2D eigenvalue weighted by molar-refractivity contribution is 5.77. The Morgan fingerprint density at radius 2 is 2.26 bits per heavy atom. The summed E-state index contributed by atoms with van der Waals surface area (Å²) in [5.41, 5.74) is 0. The first-order chi connectivity index (χ1) is 9.25. The zero-order valence-corrected chi connectivity index (χ0v) is 11.5. The maximum absolute atomic E-state index is 11.8. The molecule has 2 saturated heterocycles. The van der Waals surface area contributed by atoms with Crippen LogP contribution in [0.25, 0.3) is 0 Å². The Morgan fingerprint density at radius 1 is 1.37 bits per heavy atom. The van der Waals surface area contributed by atoms with Crippen molar-refractivity contribution in [1.29, 1.82) is 0 Å². The van der Waals surface area contributed by atoms with Crippen LogP contribution in [-0.4, -0.2) is 49.6 Å². The standard InChI is InChI=1S/C14H24N2O3/c17-13(10-12-4-3-9-19-11-12)15-6-8-16-7-2-1-5-14(16)18/h12H,1-11H2,(H,15,17)/t12-/m1/s1. The molecule has 2 rings (SSSR count). The van der Waals surface area contributed by atoms with Crippen molar-refractivity contribution in [3.8, 4) is 0 Å². The molecular formula is C14H24N2O3. The molecule has 0 radical (unpaired) electrons. The van der Waals surface area contributed by atoms with Crippen LogP contribution in [0.3, 0.4) is 0 Å². The third kappa shape index (κ3) is 4.82. The van der Waals surface area contributed by atoms with Crippen LogP contribution in [-0.2, 0) is 14.3 Å². The van der Waals surface area contributed by atoms with Crippen LogP contribution in [0.5, 0.6) is 0 Å². The van der Waals surface area contributed by atoms with Gasteiger partial charge >= 0.3 is 0 Å². The predicted octanol–water partition coefficient (Wildman–Crippen LogP) is 0.932. The fraction of sp³-hybridized carbons (Fsp3) is 0.857. The van der Waals surface area contributed by atoms with Crippen molar-refractivity contribution in [2.45, 2.75) is 38.5 Å². The Kier molecular flexibility index (Phi) is 5.63. The zero-order valence-electron chi connectivity index (χ0n) is 11.5. The van der Waals surface area contributed by atoms with Crippen molar-refractivity contribution >= 4 is 11.8 Å². The monoisotopic (exact) mass is 268 g/mol. The van der Waals surface area contributed by atoms with E-state index in [0.717, 1.165) is 38.8 Å². The molecule has 5 nitrogen and oxygen atoms in total. The predicted molar refractivity (Wildman–Crippen MR) is 71.6 cm³/mol. The van der Waals surface area contributed by atoms with Gasteiger partial charge in [0.15, 0.2) is 0 Å². The smallest absolute Gasteiger partial charge is 0.222 e. The molecule has 0 spiro atoms. The Bertz CT molecular complexity index is 314. The van der Waals surface area contributed by atoms with Crippen LogP contribution < -0.4 is 5.32 Å². The van der Waals surface area contributed by atoms with Crippen molar-refractivity contribution in [2.75, 3.05) is 32.8 Å². The largest absolute Gasteiger partial charge is 0.381 e. The number of amides is 2.